The van der Waals surface area contributed by atoms with Crippen LogP contribution >= 0.6 is 0 Å². The molecular formula is C12H13F6NO3. The molecule has 0 aromatic heterocycles. The number of nitrogens with one attached hydrogen (secondary N) is 1. The summed E-state index contributed by atoms with van der Waals surface area (Å²) in [6, 6.07) is 0. The van der Waals surface area contributed by atoms with Gasteiger partial charge in [0.15, 0.2) is 18.1 Å². The van der Waals surface area contributed by atoms with E-state index < -0.39 is 47.5 Å². The van der Waals surface area contributed by atoms with Crippen LogP contribution in [0.2, 0.25) is 0 Å². The van der Waals surface area contributed by atoms with Gasteiger partial charge in [0, 0.05) is 13.7 Å². The predicted molar refractivity (Wildman–Crippen MR) is 63.1 cm³/mol. The van der Waals surface area contributed by atoms with Crippen LogP contribution in [0, 0.1) is 23.3 Å². The molecule has 0 unspecified atom stereocenters. The molecule has 4 nitrogen and oxygen atoms in total. The van der Waals surface area contributed by atoms with Gasteiger partial charge in [-0.3, -0.25) is 0 Å². The zero-order valence-electron chi connectivity index (χ0n) is 11.6. The molecule has 0 aliphatic rings. The third-order valence-electron chi connectivity index (χ3n) is 2.46. The summed E-state index contributed by atoms with van der Waals surface area (Å²) in [6.07, 6.45) is -3.88. The standard InChI is InChI=1S/C12H13F6NO3/c1-19-3-4-21-10-6(13)8(15)11(9(16)7(10)14)22-5-12(17,18)20-2/h19H,3-5H2,1-2H3. The Bertz CT molecular complexity index is 497. The summed E-state index contributed by atoms with van der Waals surface area (Å²) >= 11 is 0. The van der Waals surface area contributed by atoms with Crippen molar-refractivity contribution in [1.82, 2.24) is 5.32 Å². The highest BCUT2D eigenvalue weighted by Gasteiger charge is 2.33. The highest BCUT2D eigenvalue weighted by Crippen LogP contribution is 2.35. The van der Waals surface area contributed by atoms with E-state index in [-0.39, 0.29) is 13.2 Å². The molecule has 10 heteroatoms. The van der Waals surface area contributed by atoms with Crippen molar-refractivity contribution in [3.8, 4) is 11.5 Å². The summed E-state index contributed by atoms with van der Waals surface area (Å²) < 4.78 is 92.3. The zero-order chi connectivity index (χ0) is 16.9. The Labute approximate surface area is 122 Å². The number of halogens is 6. The van der Waals surface area contributed by atoms with Crippen molar-refractivity contribution in [2.75, 3.05) is 33.9 Å². The van der Waals surface area contributed by atoms with Crippen LogP contribution in [0.5, 0.6) is 11.5 Å². The highest BCUT2D eigenvalue weighted by molar-refractivity contribution is 5.38. The molecule has 0 amide bonds. The van der Waals surface area contributed by atoms with E-state index in [1.807, 2.05) is 0 Å². The van der Waals surface area contributed by atoms with Crippen molar-refractivity contribution in [2.24, 2.45) is 0 Å². The average Bonchev–Trinajstić information content (AvgIpc) is 2.48. The van der Waals surface area contributed by atoms with Crippen LogP contribution in [-0.2, 0) is 4.74 Å². The van der Waals surface area contributed by atoms with Gasteiger partial charge in [-0.2, -0.15) is 26.3 Å². The molecule has 1 aromatic carbocycles. The molecule has 0 fully saturated rings. The Balaban J connectivity index is 3.06. The molecule has 1 N–H and O–H groups in total. The predicted octanol–water partition coefficient (Wildman–Crippen LogP) is 2.46. The Morgan fingerprint density at radius 3 is 1.77 bits per heavy atom. The molecule has 0 atom stereocenters. The van der Waals surface area contributed by atoms with E-state index >= 15 is 0 Å². The maximum Gasteiger partial charge on any atom is 0.389 e. The van der Waals surface area contributed by atoms with Crippen molar-refractivity contribution in [2.45, 2.75) is 6.11 Å². The fourth-order valence-corrected chi connectivity index (χ4v) is 1.32. The summed E-state index contributed by atoms with van der Waals surface area (Å²) in [5, 5.41) is 2.58. The van der Waals surface area contributed by atoms with Crippen molar-refractivity contribution < 1.29 is 40.6 Å². The van der Waals surface area contributed by atoms with Crippen LogP contribution < -0.4 is 14.8 Å². The van der Waals surface area contributed by atoms with Gasteiger partial charge in [0.1, 0.15) is 6.61 Å². The minimum atomic E-state index is -3.88. The van der Waals surface area contributed by atoms with Crippen molar-refractivity contribution in [1.29, 1.82) is 0 Å². The minimum Gasteiger partial charge on any atom is -0.486 e. The normalized spacial score (nSPS) is 11.6. The Morgan fingerprint density at radius 1 is 0.909 bits per heavy atom. The van der Waals surface area contributed by atoms with Gasteiger partial charge in [0.05, 0.1) is 0 Å². The summed E-state index contributed by atoms with van der Waals surface area (Å²) in [5.74, 6) is -10.6. The van der Waals surface area contributed by atoms with Crippen LogP contribution in [0.25, 0.3) is 0 Å². The first-order chi connectivity index (χ1) is 10.2. The van der Waals surface area contributed by atoms with Crippen LogP contribution in [0.4, 0.5) is 26.3 Å². The molecule has 0 heterocycles. The van der Waals surface area contributed by atoms with Gasteiger partial charge in [-0.05, 0) is 7.05 Å². The van der Waals surface area contributed by atoms with Gasteiger partial charge in [0.2, 0.25) is 23.3 Å². The van der Waals surface area contributed by atoms with E-state index in [9.17, 15) is 26.3 Å². The Morgan fingerprint density at radius 2 is 1.36 bits per heavy atom. The van der Waals surface area contributed by atoms with Gasteiger partial charge >= 0.3 is 6.11 Å². The number of benzene rings is 1. The molecule has 1 aromatic rings. The summed E-state index contributed by atoms with van der Waals surface area (Å²) in [6.45, 7) is -1.75. The number of rotatable bonds is 8. The van der Waals surface area contributed by atoms with Crippen molar-refractivity contribution >= 4 is 0 Å². The van der Waals surface area contributed by atoms with Crippen molar-refractivity contribution in [3.63, 3.8) is 0 Å². The minimum absolute atomic E-state index is 0.153. The van der Waals surface area contributed by atoms with Crippen LogP contribution in [0.15, 0.2) is 0 Å². The van der Waals surface area contributed by atoms with E-state index in [1.165, 1.54) is 7.05 Å². The number of hydrogen-bond acceptors (Lipinski definition) is 4. The quantitative estimate of drug-likeness (QED) is 0.451. The molecule has 0 saturated carbocycles. The molecule has 0 saturated heterocycles. The fourth-order valence-electron chi connectivity index (χ4n) is 1.32. The second-order valence-electron chi connectivity index (χ2n) is 4.00. The average molecular weight is 333 g/mol. The highest BCUT2D eigenvalue weighted by atomic mass is 19.3. The first-order valence-electron chi connectivity index (χ1n) is 5.94. The van der Waals surface area contributed by atoms with Crippen LogP contribution in [0.1, 0.15) is 0 Å². The van der Waals surface area contributed by atoms with Gasteiger partial charge < -0.3 is 19.5 Å². The van der Waals surface area contributed by atoms with E-state index in [1.54, 1.807) is 0 Å². The number of likely N-dealkylation sites (N-methyl/N-ethyl adjacent to an activating group) is 1. The number of methoxy groups -OCH3 is 1. The number of alkyl halides is 2. The van der Waals surface area contributed by atoms with E-state index in [4.69, 9.17) is 0 Å². The van der Waals surface area contributed by atoms with Crippen LogP contribution in [-0.4, -0.2) is 40.0 Å². The molecule has 0 bridgehead atoms. The first kappa shape index (κ1) is 18.4. The second kappa shape index (κ2) is 7.54. The van der Waals surface area contributed by atoms with Crippen LogP contribution in [0.3, 0.4) is 0 Å². The number of hydrogen-bond donors (Lipinski definition) is 1. The monoisotopic (exact) mass is 333 g/mol. The molecule has 22 heavy (non-hydrogen) atoms. The summed E-state index contributed by atoms with van der Waals surface area (Å²) in [4.78, 5) is 0. The third-order valence-corrected chi connectivity index (χ3v) is 2.46. The van der Waals surface area contributed by atoms with Gasteiger partial charge in [-0.25, -0.2) is 0 Å². The molecule has 0 spiro atoms. The number of ether oxygens (including phenoxy) is 3. The van der Waals surface area contributed by atoms with E-state index in [0.29, 0.717) is 7.11 Å². The van der Waals surface area contributed by atoms with Gasteiger partial charge in [0.25, 0.3) is 0 Å². The molecule has 0 radical (unpaired) electrons. The smallest absolute Gasteiger partial charge is 0.389 e. The lowest BCUT2D eigenvalue weighted by molar-refractivity contribution is -0.237. The van der Waals surface area contributed by atoms with Gasteiger partial charge in [-0.1, -0.05) is 0 Å². The third kappa shape index (κ3) is 4.17. The van der Waals surface area contributed by atoms with Gasteiger partial charge in [-0.15, -0.1) is 0 Å². The lowest BCUT2D eigenvalue weighted by atomic mass is 10.2. The maximum atomic E-state index is 13.6. The lowest BCUT2D eigenvalue weighted by Gasteiger charge is -2.17. The molecule has 126 valence electrons. The zero-order valence-corrected chi connectivity index (χ0v) is 11.6. The summed E-state index contributed by atoms with van der Waals surface area (Å²) in [5.41, 5.74) is 0. The maximum absolute atomic E-state index is 13.6. The second-order valence-corrected chi connectivity index (χ2v) is 4.00. The Hall–Kier alpha value is -1.68. The summed E-state index contributed by atoms with van der Waals surface area (Å²) in [7, 11) is 2.14. The SMILES string of the molecule is CNCCOc1c(F)c(F)c(OCC(F)(F)OC)c(F)c1F. The lowest BCUT2D eigenvalue weighted by Crippen LogP contribution is -2.28. The molecule has 0 aliphatic carbocycles. The van der Waals surface area contributed by atoms with E-state index in [2.05, 4.69) is 19.5 Å². The fraction of sp³-hybridized carbons (Fsp3) is 0.500. The van der Waals surface area contributed by atoms with Crippen molar-refractivity contribution in [3.05, 3.63) is 23.3 Å². The molecular weight excluding hydrogens is 320 g/mol. The molecule has 1 rings (SSSR count). The molecule has 0 aliphatic heterocycles. The topological polar surface area (TPSA) is 39.7 Å². The largest absolute Gasteiger partial charge is 0.486 e. The first-order valence-corrected chi connectivity index (χ1v) is 5.94. The Kier molecular flexibility index (Phi) is 6.30. The van der Waals surface area contributed by atoms with E-state index in [0.717, 1.165) is 0 Å².